The molecule has 2 rings (SSSR count). The fourth-order valence-electron chi connectivity index (χ4n) is 2.21. The molecule has 1 nitrogen and oxygen atoms in total. The average Bonchev–Trinajstić information content (AvgIpc) is 2.96. The Kier molecular flexibility index (Phi) is 24.5. The van der Waals surface area contributed by atoms with Gasteiger partial charge in [-0.3, -0.25) is 0 Å². The molecule has 0 N–H and O–H groups in total. The zero-order chi connectivity index (χ0) is 12.9. The molecule has 2 aliphatic carbocycles. The molecule has 0 aliphatic heterocycles. The Morgan fingerprint density at radius 1 is 0.789 bits per heavy atom. The average molecular weight is 441 g/mol. The van der Waals surface area contributed by atoms with Crippen LogP contribution in [0.2, 0.25) is 0 Å². The van der Waals surface area contributed by atoms with Gasteiger partial charge in [-0.05, 0) is 13.8 Å². The SMILES string of the molecule is C1CCCC1.C1CCCC1.[CH2-]C(C)=NC(C)C.[Ru+].[Ru]. The van der Waals surface area contributed by atoms with Crippen LogP contribution in [0.25, 0.3) is 0 Å². The fraction of sp³-hybridized carbons (Fsp3) is 0.875. The fourth-order valence-corrected chi connectivity index (χ4v) is 2.21. The zero-order valence-corrected chi connectivity index (χ0v) is 16.5. The summed E-state index contributed by atoms with van der Waals surface area (Å²) >= 11 is 0. The van der Waals surface area contributed by atoms with E-state index in [1.54, 1.807) is 0 Å². The van der Waals surface area contributed by atoms with E-state index in [2.05, 4.69) is 11.9 Å². The molecule has 0 heterocycles. The molecule has 0 atom stereocenters. The summed E-state index contributed by atoms with van der Waals surface area (Å²) in [6.45, 7) is 9.60. The van der Waals surface area contributed by atoms with E-state index in [1.165, 1.54) is 64.2 Å². The zero-order valence-electron chi connectivity index (χ0n) is 13.0. The van der Waals surface area contributed by atoms with Crippen LogP contribution < -0.4 is 0 Å². The molecule has 0 aromatic heterocycles. The summed E-state index contributed by atoms with van der Waals surface area (Å²) < 4.78 is 0. The van der Waals surface area contributed by atoms with Crippen molar-refractivity contribution in [1.29, 1.82) is 0 Å². The van der Waals surface area contributed by atoms with Gasteiger partial charge in [0, 0.05) is 25.5 Å². The second kappa shape index (κ2) is 18.8. The Morgan fingerprint density at radius 3 is 1.05 bits per heavy atom. The predicted molar refractivity (Wildman–Crippen MR) is 79.8 cm³/mol. The van der Waals surface area contributed by atoms with Gasteiger partial charge in [-0.25, -0.2) is 0 Å². The van der Waals surface area contributed by atoms with Crippen LogP contribution in [0, 0.1) is 6.92 Å². The van der Waals surface area contributed by atoms with Gasteiger partial charge in [0.2, 0.25) is 0 Å². The van der Waals surface area contributed by atoms with Gasteiger partial charge < -0.3 is 11.9 Å². The summed E-state index contributed by atoms with van der Waals surface area (Å²) in [6, 6.07) is 0.400. The summed E-state index contributed by atoms with van der Waals surface area (Å²) in [4.78, 5) is 4.08. The van der Waals surface area contributed by atoms with E-state index in [4.69, 9.17) is 0 Å². The van der Waals surface area contributed by atoms with E-state index in [9.17, 15) is 0 Å². The maximum absolute atomic E-state index is 4.08. The van der Waals surface area contributed by atoms with E-state index >= 15 is 0 Å². The number of nitrogens with zero attached hydrogens (tertiary/aromatic N) is 1. The molecule has 2 saturated carbocycles. The van der Waals surface area contributed by atoms with Gasteiger partial charge in [-0.1, -0.05) is 71.1 Å². The first kappa shape index (κ1) is 24.8. The van der Waals surface area contributed by atoms with E-state index in [0.29, 0.717) is 6.04 Å². The summed E-state index contributed by atoms with van der Waals surface area (Å²) in [5.74, 6) is 0. The molecule has 0 unspecified atom stereocenters. The minimum Gasteiger partial charge on any atom is -0.361 e. The van der Waals surface area contributed by atoms with Crippen molar-refractivity contribution in [3.63, 3.8) is 0 Å². The third-order valence-electron chi connectivity index (χ3n) is 2.98. The molecule has 0 spiro atoms. The van der Waals surface area contributed by atoms with Gasteiger partial charge in [-0.2, -0.15) is 0 Å². The van der Waals surface area contributed by atoms with E-state index in [1.807, 2.05) is 20.8 Å². The number of aliphatic imine (C=N–C) groups is 1. The van der Waals surface area contributed by atoms with Crippen LogP contribution in [0.15, 0.2) is 4.99 Å². The van der Waals surface area contributed by atoms with Gasteiger partial charge >= 0.3 is 19.5 Å². The monoisotopic (exact) mass is 442 g/mol. The molecule has 1 radical (unpaired) electrons. The van der Waals surface area contributed by atoms with Crippen LogP contribution in [0.5, 0.6) is 0 Å². The van der Waals surface area contributed by atoms with Crippen molar-refractivity contribution in [3.05, 3.63) is 6.92 Å². The van der Waals surface area contributed by atoms with E-state index < -0.39 is 0 Å². The standard InChI is InChI=1S/C6H12N.2C5H10.2Ru/c1-5(2)7-6(3)4;2*1-2-4-5-3-1;;/h6H,1H2,2-4H3;2*1-5H2;;/q-1;;;;+1. The Bertz CT molecular complexity index is 154. The minimum atomic E-state index is 0. The first-order valence-electron chi connectivity index (χ1n) is 7.49. The normalized spacial score (nSPS) is 17.4. The summed E-state index contributed by atoms with van der Waals surface area (Å²) in [5, 5.41) is 0. The Labute approximate surface area is 147 Å². The van der Waals surface area contributed by atoms with Gasteiger partial charge in [-0.15, -0.1) is 5.71 Å². The predicted octanol–water partition coefficient (Wildman–Crippen LogP) is 5.59. The van der Waals surface area contributed by atoms with Crippen LogP contribution in [0.4, 0.5) is 0 Å². The largest absolute Gasteiger partial charge is 1.00 e. The molecule has 0 bridgehead atoms. The van der Waals surface area contributed by atoms with E-state index in [-0.39, 0.29) is 39.0 Å². The molecule has 3 heteroatoms. The summed E-state index contributed by atoms with van der Waals surface area (Å²) in [7, 11) is 0. The maximum atomic E-state index is 4.08. The molecule has 0 amide bonds. The first-order chi connectivity index (χ1) is 8.13. The molecule has 19 heavy (non-hydrogen) atoms. The molecule has 0 aromatic carbocycles. The smallest absolute Gasteiger partial charge is 0.361 e. The van der Waals surface area contributed by atoms with Crippen molar-refractivity contribution >= 4 is 5.71 Å². The second-order valence-corrected chi connectivity index (χ2v) is 5.49. The van der Waals surface area contributed by atoms with Gasteiger partial charge in [0.1, 0.15) is 0 Å². The minimum absolute atomic E-state index is 0. The molecule has 2 fully saturated rings. The first-order valence-corrected chi connectivity index (χ1v) is 7.49. The van der Waals surface area contributed by atoms with Gasteiger partial charge in [0.25, 0.3) is 0 Å². The maximum Gasteiger partial charge on any atom is 1.00 e. The van der Waals surface area contributed by atoms with Crippen LogP contribution in [-0.2, 0) is 39.0 Å². The van der Waals surface area contributed by atoms with Gasteiger partial charge in [0.15, 0.2) is 0 Å². The van der Waals surface area contributed by atoms with Crippen molar-refractivity contribution in [2.75, 3.05) is 0 Å². The van der Waals surface area contributed by atoms with E-state index in [0.717, 1.165) is 5.71 Å². The quantitative estimate of drug-likeness (QED) is 0.287. The third-order valence-corrected chi connectivity index (χ3v) is 2.98. The topological polar surface area (TPSA) is 12.4 Å². The molecule has 0 saturated heterocycles. The van der Waals surface area contributed by atoms with Crippen molar-refractivity contribution in [1.82, 2.24) is 0 Å². The molecule has 2 aliphatic rings. The van der Waals surface area contributed by atoms with Crippen LogP contribution in [0.1, 0.15) is 85.0 Å². The van der Waals surface area contributed by atoms with Crippen LogP contribution in [0.3, 0.4) is 0 Å². The summed E-state index contributed by atoms with van der Waals surface area (Å²) in [5.41, 5.74) is 0.912. The van der Waals surface area contributed by atoms with Crippen molar-refractivity contribution < 1.29 is 39.0 Å². The second-order valence-electron chi connectivity index (χ2n) is 5.49. The third kappa shape index (κ3) is 24.2. The van der Waals surface area contributed by atoms with Crippen LogP contribution in [-0.4, -0.2) is 11.8 Å². The van der Waals surface area contributed by atoms with Crippen molar-refractivity contribution in [3.8, 4) is 0 Å². The van der Waals surface area contributed by atoms with Gasteiger partial charge in [0.05, 0.1) is 0 Å². The Balaban J connectivity index is -0.000000194. The molecule has 0 aromatic rings. The Morgan fingerprint density at radius 2 is 1.00 bits per heavy atom. The number of hydrogen-bond donors (Lipinski definition) is 0. The van der Waals surface area contributed by atoms with Crippen molar-refractivity contribution in [2.45, 2.75) is 91.0 Å². The van der Waals surface area contributed by atoms with Crippen LogP contribution >= 0.6 is 0 Å². The molecular weight excluding hydrogens is 408 g/mol. The van der Waals surface area contributed by atoms with Crippen molar-refractivity contribution in [2.24, 2.45) is 4.99 Å². The number of hydrogen-bond acceptors (Lipinski definition) is 1. The number of rotatable bonds is 1. The molecular formula is C16H32NRu2. The molecule has 117 valence electrons. The Hall–Kier alpha value is 0.787. The summed E-state index contributed by atoms with van der Waals surface area (Å²) in [6.07, 6.45) is 15.0.